The predicted molar refractivity (Wildman–Crippen MR) is 92.4 cm³/mol. The summed E-state index contributed by atoms with van der Waals surface area (Å²) in [7, 11) is 0. The monoisotopic (exact) mass is 347 g/mol. The van der Waals surface area contributed by atoms with Crippen LogP contribution in [0.4, 0.5) is 0 Å². The van der Waals surface area contributed by atoms with Gasteiger partial charge in [0.25, 0.3) is 0 Å². The van der Waals surface area contributed by atoms with Gasteiger partial charge < -0.3 is 5.32 Å². The molecule has 120 valence electrons. The van der Waals surface area contributed by atoms with Gasteiger partial charge in [-0.3, -0.25) is 4.79 Å². The van der Waals surface area contributed by atoms with Crippen molar-refractivity contribution in [1.82, 2.24) is 5.32 Å². The van der Waals surface area contributed by atoms with Gasteiger partial charge >= 0.3 is 0 Å². The lowest BCUT2D eigenvalue weighted by molar-refractivity contribution is -0.121. The number of unbranched alkanes of at least 4 members (excludes halogenated alkanes) is 6. The Morgan fingerprint density at radius 1 is 0.950 bits per heavy atom. The molecule has 0 fully saturated rings. The second-order valence-electron chi connectivity index (χ2n) is 5.77. The maximum atomic E-state index is 11.7. The lowest BCUT2D eigenvalue weighted by Gasteiger charge is -2.19. The zero-order valence-corrected chi connectivity index (χ0v) is 15.3. The molecule has 0 aromatic carbocycles. The average molecular weight is 348 g/mol. The first-order chi connectivity index (χ1) is 9.65. The SMILES string of the molecule is CCCCCCCCCC(=O)NCC(Br)C(CC)CC. The number of hydrogen-bond acceptors (Lipinski definition) is 1. The maximum absolute atomic E-state index is 11.7. The van der Waals surface area contributed by atoms with Crippen LogP contribution in [0.2, 0.25) is 0 Å². The molecule has 0 aromatic rings. The van der Waals surface area contributed by atoms with E-state index in [1.54, 1.807) is 0 Å². The van der Waals surface area contributed by atoms with Crippen LogP contribution in [-0.4, -0.2) is 17.3 Å². The zero-order chi connectivity index (χ0) is 15.2. The van der Waals surface area contributed by atoms with Crippen molar-refractivity contribution >= 4 is 21.8 Å². The van der Waals surface area contributed by atoms with E-state index in [0.29, 0.717) is 17.2 Å². The molecular weight excluding hydrogens is 314 g/mol. The maximum Gasteiger partial charge on any atom is 0.220 e. The van der Waals surface area contributed by atoms with Gasteiger partial charge in [0.05, 0.1) is 0 Å². The molecule has 0 saturated carbocycles. The van der Waals surface area contributed by atoms with Crippen molar-refractivity contribution in [3.05, 3.63) is 0 Å². The van der Waals surface area contributed by atoms with Crippen LogP contribution < -0.4 is 5.32 Å². The largest absolute Gasteiger partial charge is 0.355 e. The molecule has 1 N–H and O–H groups in total. The summed E-state index contributed by atoms with van der Waals surface area (Å²) < 4.78 is 0. The molecule has 0 aliphatic carbocycles. The molecule has 3 heteroatoms. The minimum absolute atomic E-state index is 0.217. The van der Waals surface area contributed by atoms with Gasteiger partial charge in [0.15, 0.2) is 0 Å². The standard InChI is InChI=1S/C17H34BrNO/c1-4-7-8-9-10-11-12-13-17(20)19-14-16(18)15(5-2)6-3/h15-16H,4-14H2,1-3H3,(H,19,20). The van der Waals surface area contributed by atoms with Crippen LogP contribution in [-0.2, 0) is 4.79 Å². The van der Waals surface area contributed by atoms with Crippen molar-refractivity contribution in [3.8, 4) is 0 Å². The third-order valence-electron chi connectivity index (χ3n) is 4.06. The van der Waals surface area contributed by atoms with E-state index in [2.05, 4.69) is 42.0 Å². The topological polar surface area (TPSA) is 29.1 Å². The van der Waals surface area contributed by atoms with Crippen LogP contribution in [0.1, 0.15) is 85.0 Å². The zero-order valence-electron chi connectivity index (χ0n) is 13.7. The van der Waals surface area contributed by atoms with E-state index in [9.17, 15) is 4.79 Å². The number of hydrogen-bond donors (Lipinski definition) is 1. The molecule has 20 heavy (non-hydrogen) atoms. The lowest BCUT2D eigenvalue weighted by atomic mass is 9.99. The fourth-order valence-corrected chi connectivity index (χ4v) is 3.42. The van der Waals surface area contributed by atoms with Crippen LogP contribution in [0, 0.1) is 5.92 Å². The number of amides is 1. The molecule has 0 aliphatic rings. The summed E-state index contributed by atoms with van der Waals surface area (Å²) in [4.78, 5) is 12.2. The minimum Gasteiger partial charge on any atom is -0.355 e. The first-order valence-corrected chi connectivity index (χ1v) is 9.47. The number of nitrogens with one attached hydrogen (secondary N) is 1. The highest BCUT2D eigenvalue weighted by molar-refractivity contribution is 9.09. The summed E-state index contributed by atoms with van der Waals surface area (Å²) >= 11 is 3.70. The number of rotatable bonds is 13. The van der Waals surface area contributed by atoms with Gasteiger partial charge in [-0.05, 0) is 12.3 Å². The van der Waals surface area contributed by atoms with E-state index in [1.165, 1.54) is 51.4 Å². The minimum atomic E-state index is 0.217. The molecular formula is C17H34BrNO. The normalized spacial score (nSPS) is 12.7. The number of carbonyl (C=O) groups is 1. The van der Waals surface area contributed by atoms with Crippen LogP contribution in [0.5, 0.6) is 0 Å². The van der Waals surface area contributed by atoms with Crippen LogP contribution in [0.25, 0.3) is 0 Å². The summed E-state index contributed by atoms with van der Waals surface area (Å²) in [5, 5.41) is 3.06. The Morgan fingerprint density at radius 3 is 2.05 bits per heavy atom. The third kappa shape index (κ3) is 10.7. The molecule has 2 nitrogen and oxygen atoms in total. The van der Waals surface area contributed by atoms with E-state index < -0.39 is 0 Å². The quantitative estimate of drug-likeness (QED) is 0.348. The molecule has 0 rings (SSSR count). The van der Waals surface area contributed by atoms with Gasteiger partial charge in [0.2, 0.25) is 5.91 Å². The molecule has 1 unspecified atom stereocenters. The summed E-state index contributed by atoms with van der Waals surface area (Å²) in [6, 6.07) is 0. The molecule has 0 saturated heterocycles. The lowest BCUT2D eigenvalue weighted by Crippen LogP contribution is -2.32. The highest BCUT2D eigenvalue weighted by Gasteiger charge is 2.15. The van der Waals surface area contributed by atoms with Gasteiger partial charge in [-0.15, -0.1) is 0 Å². The van der Waals surface area contributed by atoms with Crippen molar-refractivity contribution in [2.75, 3.05) is 6.54 Å². The van der Waals surface area contributed by atoms with E-state index in [-0.39, 0.29) is 5.91 Å². The second kappa shape index (κ2) is 13.9. The smallest absolute Gasteiger partial charge is 0.220 e. The highest BCUT2D eigenvalue weighted by atomic mass is 79.9. The Hall–Kier alpha value is -0.0500. The van der Waals surface area contributed by atoms with E-state index >= 15 is 0 Å². The Morgan fingerprint density at radius 2 is 1.50 bits per heavy atom. The van der Waals surface area contributed by atoms with Crippen molar-refractivity contribution in [3.63, 3.8) is 0 Å². The Labute approximate surface area is 134 Å². The first kappa shape index (κ1) is 19.9. The molecule has 0 radical (unpaired) electrons. The number of carbonyl (C=O) groups excluding carboxylic acids is 1. The van der Waals surface area contributed by atoms with Crippen LogP contribution >= 0.6 is 15.9 Å². The van der Waals surface area contributed by atoms with Crippen LogP contribution in [0.3, 0.4) is 0 Å². The van der Waals surface area contributed by atoms with Gasteiger partial charge in [-0.1, -0.05) is 88.1 Å². The summed E-state index contributed by atoms with van der Waals surface area (Å²) in [6.07, 6.45) is 11.9. The average Bonchev–Trinajstić information content (AvgIpc) is 2.45. The van der Waals surface area contributed by atoms with Gasteiger partial charge in [0.1, 0.15) is 0 Å². The Bertz CT molecular complexity index is 229. The molecule has 0 aliphatic heterocycles. The fraction of sp³-hybridized carbons (Fsp3) is 0.941. The molecule has 0 aromatic heterocycles. The Balaban J connectivity index is 3.49. The molecule has 1 amide bonds. The summed E-state index contributed by atoms with van der Waals surface area (Å²) in [5.74, 6) is 0.878. The third-order valence-corrected chi connectivity index (χ3v) is 5.13. The van der Waals surface area contributed by atoms with Gasteiger partial charge in [0, 0.05) is 17.8 Å². The van der Waals surface area contributed by atoms with Crippen LogP contribution in [0.15, 0.2) is 0 Å². The van der Waals surface area contributed by atoms with E-state index in [1.807, 2.05) is 0 Å². The van der Waals surface area contributed by atoms with Crippen molar-refractivity contribution in [2.45, 2.75) is 89.8 Å². The Kier molecular flexibility index (Phi) is 13.9. The van der Waals surface area contributed by atoms with E-state index in [0.717, 1.165) is 13.0 Å². The molecule has 0 bridgehead atoms. The van der Waals surface area contributed by atoms with E-state index in [4.69, 9.17) is 0 Å². The highest BCUT2D eigenvalue weighted by Crippen LogP contribution is 2.19. The summed E-state index contributed by atoms with van der Waals surface area (Å²) in [5.41, 5.74) is 0. The van der Waals surface area contributed by atoms with Crippen molar-refractivity contribution in [2.24, 2.45) is 5.92 Å². The van der Waals surface area contributed by atoms with Crippen molar-refractivity contribution in [1.29, 1.82) is 0 Å². The predicted octanol–water partition coefficient (Wildman–Crippen LogP) is 5.44. The second-order valence-corrected chi connectivity index (χ2v) is 6.94. The first-order valence-electron chi connectivity index (χ1n) is 8.56. The molecule has 0 spiro atoms. The number of alkyl halides is 1. The molecule has 0 heterocycles. The molecule has 1 atom stereocenters. The van der Waals surface area contributed by atoms with Crippen molar-refractivity contribution < 1.29 is 4.79 Å². The summed E-state index contributed by atoms with van der Waals surface area (Å²) in [6.45, 7) is 7.43. The fourth-order valence-electron chi connectivity index (χ4n) is 2.51. The van der Waals surface area contributed by atoms with Gasteiger partial charge in [-0.25, -0.2) is 0 Å². The number of halogens is 1. The van der Waals surface area contributed by atoms with Gasteiger partial charge in [-0.2, -0.15) is 0 Å².